The van der Waals surface area contributed by atoms with E-state index in [1.807, 2.05) is 18.3 Å². The molecule has 0 fully saturated rings. The van der Waals surface area contributed by atoms with Crippen molar-refractivity contribution < 1.29 is 0 Å². The molecule has 1 aromatic rings. The van der Waals surface area contributed by atoms with E-state index in [1.54, 1.807) is 0 Å². The van der Waals surface area contributed by atoms with Crippen LogP contribution in [0.4, 0.5) is 0 Å². The third-order valence-electron chi connectivity index (χ3n) is 1.69. The van der Waals surface area contributed by atoms with Crippen molar-refractivity contribution in [1.82, 2.24) is 0 Å². The molecular formula is C9H15NS. The summed E-state index contributed by atoms with van der Waals surface area (Å²) in [5.74, 6) is 0. The summed E-state index contributed by atoms with van der Waals surface area (Å²) in [5.41, 5.74) is 7.13. The number of hydrogen-bond donors (Lipinski definition) is 1. The van der Waals surface area contributed by atoms with Gasteiger partial charge in [0.1, 0.15) is 0 Å². The highest BCUT2D eigenvalue weighted by atomic mass is 32.1. The zero-order valence-electron chi connectivity index (χ0n) is 7.35. The van der Waals surface area contributed by atoms with E-state index in [0.717, 1.165) is 6.42 Å². The second kappa shape index (κ2) is 3.37. The topological polar surface area (TPSA) is 26.0 Å². The first-order chi connectivity index (χ1) is 5.09. The molecule has 0 aliphatic carbocycles. The average Bonchev–Trinajstić information content (AvgIpc) is 2.09. The Morgan fingerprint density at radius 1 is 1.55 bits per heavy atom. The molecule has 0 bridgehead atoms. The maximum atomic E-state index is 5.71. The van der Waals surface area contributed by atoms with Gasteiger partial charge in [-0.25, -0.2) is 0 Å². The van der Waals surface area contributed by atoms with Gasteiger partial charge in [0.25, 0.3) is 0 Å². The second-order valence-corrected chi connectivity index (χ2v) is 4.58. The van der Waals surface area contributed by atoms with Crippen molar-refractivity contribution in [3.8, 4) is 0 Å². The molecule has 0 aliphatic rings. The van der Waals surface area contributed by atoms with Gasteiger partial charge in [0.05, 0.1) is 0 Å². The van der Waals surface area contributed by atoms with E-state index in [9.17, 15) is 0 Å². The zero-order valence-corrected chi connectivity index (χ0v) is 8.16. The molecule has 62 valence electrons. The van der Waals surface area contributed by atoms with E-state index in [1.165, 1.54) is 15.3 Å². The number of aryl methyl sites for hydroxylation is 2. The lowest BCUT2D eigenvalue weighted by Crippen LogP contribution is -2.17. The van der Waals surface area contributed by atoms with Crippen molar-refractivity contribution in [3.63, 3.8) is 0 Å². The van der Waals surface area contributed by atoms with Crippen LogP contribution < -0.4 is 5.73 Å². The van der Waals surface area contributed by atoms with E-state index >= 15 is 0 Å². The molecule has 1 atom stereocenters. The first kappa shape index (κ1) is 8.75. The molecule has 2 heteroatoms. The summed E-state index contributed by atoms with van der Waals surface area (Å²) in [6.45, 7) is 6.35. The fourth-order valence-corrected chi connectivity index (χ4v) is 2.19. The van der Waals surface area contributed by atoms with E-state index < -0.39 is 0 Å². The molecule has 0 aliphatic heterocycles. The van der Waals surface area contributed by atoms with Crippen LogP contribution in [0.25, 0.3) is 0 Å². The van der Waals surface area contributed by atoms with Crippen LogP contribution in [0.5, 0.6) is 0 Å². The first-order valence-corrected chi connectivity index (χ1v) is 4.72. The van der Waals surface area contributed by atoms with Crippen LogP contribution in [-0.2, 0) is 6.42 Å². The normalized spacial score (nSPS) is 13.5. The van der Waals surface area contributed by atoms with E-state index in [2.05, 4.69) is 19.9 Å². The summed E-state index contributed by atoms with van der Waals surface area (Å²) >= 11 is 1.86. The molecule has 2 N–H and O–H groups in total. The molecule has 1 nitrogen and oxygen atoms in total. The Kier molecular flexibility index (Phi) is 2.68. The molecule has 0 radical (unpaired) electrons. The number of hydrogen-bond acceptors (Lipinski definition) is 2. The van der Waals surface area contributed by atoms with Gasteiger partial charge >= 0.3 is 0 Å². The van der Waals surface area contributed by atoms with Crippen molar-refractivity contribution >= 4 is 11.3 Å². The van der Waals surface area contributed by atoms with Crippen molar-refractivity contribution in [2.24, 2.45) is 5.73 Å². The Labute approximate surface area is 72.2 Å². The molecule has 0 saturated heterocycles. The fourth-order valence-electron chi connectivity index (χ4n) is 1.23. The van der Waals surface area contributed by atoms with Gasteiger partial charge < -0.3 is 5.73 Å². The van der Waals surface area contributed by atoms with Gasteiger partial charge in [-0.1, -0.05) is 0 Å². The molecule has 11 heavy (non-hydrogen) atoms. The van der Waals surface area contributed by atoms with Crippen LogP contribution in [0.3, 0.4) is 0 Å². The summed E-state index contributed by atoms with van der Waals surface area (Å²) in [5, 5.41) is 0. The Hall–Kier alpha value is -0.340. The molecule has 0 amide bonds. The molecule has 1 rings (SSSR count). The van der Waals surface area contributed by atoms with Crippen LogP contribution in [-0.4, -0.2) is 6.04 Å². The number of thiophene rings is 1. The predicted octanol–water partition coefficient (Wildman–Crippen LogP) is 2.25. The number of rotatable bonds is 2. The largest absolute Gasteiger partial charge is 0.328 e. The minimum absolute atomic E-state index is 0.280. The lowest BCUT2D eigenvalue weighted by Gasteiger charge is -2.02. The molecule has 1 unspecified atom stereocenters. The van der Waals surface area contributed by atoms with Gasteiger partial charge in [0, 0.05) is 15.8 Å². The fraction of sp³-hybridized carbons (Fsp3) is 0.556. The van der Waals surface area contributed by atoms with Crippen LogP contribution >= 0.6 is 11.3 Å². The molecule has 0 aromatic carbocycles. The van der Waals surface area contributed by atoms with Crippen molar-refractivity contribution in [2.75, 3.05) is 0 Å². The molecular weight excluding hydrogens is 154 g/mol. The lowest BCUT2D eigenvalue weighted by atomic mass is 10.1. The Morgan fingerprint density at radius 2 is 2.18 bits per heavy atom. The maximum Gasteiger partial charge on any atom is 0.00513 e. The highest BCUT2D eigenvalue weighted by Crippen LogP contribution is 2.21. The number of nitrogens with two attached hydrogens (primary N) is 1. The molecule has 0 spiro atoms. The molecule has 1 aromatic heterocycles. The minimum atomic E-state index is 0.280. The van der Waals surface area contributed by atoms with Crippen LogP contribution in [0.1, 0.15) is 22.2 Å². The second-order valence-electron chi connectivity index (χ2n) is 3.12. The maximum absolute atomic E-state index is 5.71. The Balaban J connectivity index is 2.77. The molecule has 0 saturated carbocycles. The third-order valence-corrected chi connectivity index (χ3v) is 2.69. The first-order valence-electron chi connectivity index (χ1n) is 3.91. The highest BCUT2D eigenvalue weighted by molar-refractivity contribution is 7.12. The SMILES string of the molecule is Cc1cc(CC(C)N)c(C)s1. The predicted molar refractivity (Wildman–Crippen MR) is 51.1 cm³/mol. The average molecular weight is 169 g/mol. The van der Waals surface area contributed by atoms with Crippen LogP contribution in [0.15, 0.2) is 6.07 Å². The monoisotopic (exact) mass is 169 g/mol. The quantitative estimate of drug-likeness (QED) is 0.722. The summed E-state index contributed by atoms with van der Waals surface area (Å²) in [4.78, 5) is 2.80. The van der Waals surface area contributed by atoms with Crippen molar-refractivity contribution in [3.05, 3.63) is 21.4 Å². The highest BCUT2D eigenvalue weighted by Gasteiger charge is 2.04. The summed E-state index contributed by atoms with van der Waals surface area (Å²) < 4.78 is 0. The minimum Gasteiger partial charge on any atom is -0.328 e. The zero-order chi connectivity index (χ0) is 8.43. The van der Waals surface area contributed by atoms with Gasteiger partial charge in [-0.15, -0.1) is 11.3 Å². The molecule has 1 heterocycles. The van der Waals surface area contributed by atoms with Gasteiger partial charge in [-0.2, -0.15) is 0 Å². The summed E-state index contributed by atoms with van der Waals surface area (Å²) in [6, 6.07) is 2.52. The van der Waals surface area contributed by atoms with Gasteiger partial charge in [0.2, 0.25) is 0 Å². The summed E-state index contributed by atoms with van der Waals surface area (Å²) in [7, 11) is 0. The Morgan fingerprint density at radius 3 is 2.55 bits per heavy atom. The van der Waals surface area contributed by atoms with E-state index in [-0.39, 0.29) is 6.04 Å². The van der Waals surface area contributed by atoms with Crippen LogP contribution in [0, 0.1) is 13.8 Å². The van der Waals surface area contributed by atoms with Crippen molar-refractivity contribution in [2.45, 2.75) is 33.2 Å². The van der Waals surface area contributed by atoms with Gasteiger partial charge in [0.15, 0.2) is 0 Å². The van der Waals surface area contributed by atoms with Gasteiger partial charge in [-0.05, 0) is 38.8 Å². The lowest BCUT2D eigenvalue weighted by molar-refractivity contribution is 0.737. The van der Waals surface area contributed by atoms with Gasteiger partial charge in [-0.3, -0.25) is 0 Å². The summed E-state index contributed by atoms with van der Waals surface area (Å²) in [6.07, 6.45) is 1.01. The van der Waals surface area contributed by atoms with E-state index in [0.29, 0.717) is 0 Å². The van der Waals surface area contributed by atoms with Crippen molar-refractivity contribution in [1.29, 1.82) is 0 Å². The standard InChI is InChI=1S/C9H15NS/c1-6(10)4-9-5-7(2)11-8(9)3/h5-6H,4,10H2,1-3H3. The Bertz CT molecular complexity index is 238. The smallest absolute Gasteiger partial charge is 0.00513 e. The third kappa shape index (κ3) is 2.31. The van der Waals surface area contributed by atoms with Crippen LogP contribution in [0.2, 0.25) is 0 Å². The van der Waals surface area contributed by atoms with E-state index in [4.69, 9.17) is 5.73 Å².